The van der Waals surface area contributed by atoms with E-state index in [-0.39, 0.29) is 5.91 Å². The Morgan fingerprint density at radius 1 is 1.13 bits per heavy atom. The maximum absolute atomic E-state index is 12.7. The molecule has 1 aliphatic rings. The first-order chi connectivity index (χ1) is 10.8. The number of aromatic amines is 1. The molecule has 2 aromatic rings. The highest BCUT2D eigenvalue weighted by Crippen LogP contribution is 2.19. The first-order valence-electron chi connectivity index (χ1n) is 7.68. The smallest absolute Gasteiger partial charge is 0.270 e. The number of aromatic nitrogens is 1. The van der Waals surface area contributed by atoms with Crippen LogP contribution in [0.5, 0.6) is 0 Å². The van der Waals surface area contributed by atoms with Gasteiger partial charge in [-0.25, -0.2) is 12.7 Å². The van der Waals surface area contributed by atoms with Crippen LogP contribution >= 0.6 is 0 Å². The number of hydrogen-bond acceptors (Lipinski definition) is 3. The van der Waals surface area contributed by atoms with Crippen molar-refractivity contribution < 1.29 is 13.2 Å². The fourth-order valence-electron chi connectivity index (χ4n) is 2.95. The average Bonchev–Trinajstić information content (AvgIpc) is 2.72. The Hall–Kier alpha value is -1.86. The monoisotopic (exact) mass is 335 g/mol. The maximum Gasteiger partial charge on any atom is 0.270 e. The molecule has 0 atom stereocenters. The number of rotatable bonds is 2. The van der Waals surface area contributed by atoms with E-state index in [1.54, 1.807) is 4.90 Å². The molecule has 3 rings (SSSR count). The number of hydrogen-bond donors (Lipinski definition) is 1. The molecule has 2 heterocycles. The highest BCUT2D eigenvalue weighted by atomic mass is 32.2. The van der Waals surface area contributed by atoms with Gasteiger partial charge in [0.25, 0.3) is 5.91 Å². The van der Waals surface area contributed by atoms with Gasteiger partial charge in [0, 0.05) is 37.1 Å². The largest absolute Gasteiger partial charge is 0.351 e. The molecular weight excluding hydrogens is 314 g/mol. The molecule has 0 aliphatic carbocycles. The van der Waals surface area contributed by atoms with E-state index in [4.69, 9.17) is 0 Å². The molecular formula is C16H21N3O3S. The molecule has 6 nitrogen and oxygen atoms in total. The zero-order chi connectivity index (χ0) is 16.6. The Morgan fingerprint density at radius 3 is 2.65 bits per heavy atom. The molecule has 0 saturated carbocycles. The summed E-state index contributed by atoms with van der Waals surface area (Å²) in [6.45, 7) is 3.81. The Labute approximate surface area is 136 Å². The lowest BCUT2D eigenvalue weighted by Gasteiger charge is -2.20. The van der Waals surface area contributed by atoms with Gasteiger partial charge in [0.1, 0.15) is 5.69 Å². The van der Waals surface area contributed by atoms with Crippen molar-refractivity contribution in [2.45, 2.75) is 13.3 Å². The van der Waals surface area contributed by atoms with Crippen LogP contribution in [-0.2, 0) is 10.0 Å². The van der Waals surface area contributed by atoms with Crippen LogP contribution in [0.15, 0.2) is 24.3 Å². The minimum absolute atomic E-state index is 0.0748. The molecule has 0 spiro atoms. The van der Waals surface area contributed by atoms with Gasteiger partial charge in [-0.05, 0) is 31.0 Å². The van der Waals surface area contributed by atoms with Gasteiger partial charge < -0.3 is 9.88 Å². The highest BCUT2D eigenvalue weighted by molar-refractivity contribution is 7.88. The first kappa shape index (κ1) is 16.0. The van der Waals surface area contributed by atoms with E-state index in [1.807, 2.05) is 31.2 Å². The predicted octanol–water partition coefficient (Wildman–Crippen LogP) is 1.58. The summed E-state index contributed by atoms with van der Waals surface area (Å²) in [6, 6.07) is 7.88. The molecule has 1 N–H and O–H groups in total. The van der Waals surface area contributed by atoms with Gasteiger partial charge in [-0.1, -0.05) is 12.1 Å². The van der Waals surface area contributed by atoms with Crippen molar-refractivity contribution in [3.8, 4) is 0 Å². The summed E-state index contributed by atoms with van der Waals surface area (Å²) in [4.78, 5) is 17.6. The van der Waals surface area contributed by atoms with Crippen molar-refractivity contribution in [1.29, 1.82) is 0 Å². The first-order valence-corrected chi connectivity index (χ1v) is 9.53. The van der Waals surface area contributed by atoms with Gasteiger partial charge in [0.2, 0.25) is 10.0 Å². The second-order valence-electron chi connectivity index (χ2n) is 6.08. The second kappa shape index (κ2) is 5.98. The van der Waals surface area contributed by atoms with Gasteiger partial charge in [-0.15, -0.1) is 0 Å². The number of carbonyl (C=O) groups is 1. The normalized spacial score (nSPS) is 17.4. The molecule has 1 fully saturated rings. The number of sulfonamides is 1. The van der Waals surface area contributed by atoms with Crippen LogP contribution in [0.25, 0.3) is 10.9 Å². The summed E-state index contributed by atoms with van der Waals surface area (Å²) in [6.07, 6.45) is 1.86. The van der Waals surface area contributed by atoms with Gasteiger partial charge >= 0.3 is 0 Å². The number of nitrogens with one attached hydrogen (secondary N) is 1. The van der Waals surface area contributed by atoms with Crippen LogP contribution in [0.3, 0.4) is 0 Å². The average molecular weight is 335 g/mol. The predicted molar refractivity (Wildman–Crippen MR) is 90.0 cm³/mol. The topological polar surface area (TPSA) is 73.5 Å². The van der Waals surface area contributed by atoms with Gasteiger partial charge in [0.05, 0.1) is 6.26 Å². The van der Waals surface area contributed by atoms with Crippen molar-refractivity contribution >= 4 is 26.8 Å². The molecule has 1 aromatic carbocycles. The SMILES string of the molecule is Cc1ccc2cc(C(=O)N3CCCN(S(C)(=O)=O)CC3)[nH]c2c1. The Morgan fingerprint density at radius 2 is 1.91 bits per heavy atom. The van der Waals surface area contributed by atoms with E-state index in [0.29, 0.717) is 38.3 Å². The van der Waals surface area contributed by atoms with Gasteiger partial charge in [-0.3, -0.25) is 4.79 Å². The number of amides is 1. The lowest BCUT2D eigenvalue weighted by molar-refractivity contribution is 0.0759. The van der Waals surface area contributed by atoms with Crippen LogP contribution in [-0.4, -0.2) is 60.9 Å². The van der Waals surface area contributed by atoms with Crippen molar-refractivity contribution in [1.82, 2.24) is 14.2 Å². The molecule has 124 valence electrons. The van der Waals surface area contributed by atoms with Crippen molar-refractivity contribution in [2.75, 3.05) is 32.4 Å². The maximum atomic E-state index is 12.7. The van der Waals surface area contributed by atoms with Crippen LogP contribution in [0.2, 0.25) is 0 Å². The van der Waals surface area contributed by atoms with Gasteiger partial charge in [-0.2, -0.15) is 0 Å². The third kappa shape index (κ3) is 3.40. The molecule has 1 saturated heterocycles. The fraction of sp³-hybridized carbons (Fsp3) is 0.438. The van der Waals surface area contributed by atoms with Crippen molar-refractivity contribution in [3.63, 3.8) is 0 Å². The molecule has 7 heteroatoms. The Bertz CT molecular complexity index is 841. The summed E-state index contributed by atoms with van der Waals surface area (Å²) >= 11 is 0. The zero-order valence-electron chi connectivity index (χ0n) is 13.4. The van der Waals surface area contributed by atoms with E-state index in [1.165, 1.54) is 10.6 Å². The standard InChI is InChI=1S/C16H21N3O3S/c1-12-4-5-13-11-15(17-14(13)10-12)16(20)18-6-3-7-19(9-8-18)23(2,21)22/h4-5,10-11,17H,3,6-9H2,1-2H3. The van der Waals surface area contributed by atoms with E-state index >= 15 is 0 Å². The van der Waals surface area contributed by atoms with Crippen LogP contribution in [0.4, 0.5) is 0 Å². The lowest BCUT2D eigenvalue weighted by Crippen LogP contribution is -2.37. The van der Waals surface area contributed by atoms with E-state index in [0.717, 1.165) is 16.5 Å². The number of fused-ring (bicyclic) bond motifs is 1. The van der Waals surface area contributed by atoms with Crippen molar-refractivity contribution in [3.05, 3.63) is 35.5 Å². The molecule has 23 heavy (non-hydrogen) atoms. The second-order valence-corrected chi connectivity index (χ2v) is 8.06. The van der Waals surface area contributed by atoms with E-state index in [9.17, 15) is 13.2 Å². The minimum Gasteiger partial charge on any atom is -0.351 e. The van der Waals surface area contributed by atoms with Crippen LogP contribution in [0, 0.1) is 6.92 Å². The van der Waals surface area contributed by atoms with Crippen molar-refractivity contribution in [2.24, 2.45) is 0 Å². The number of nitrogens with zero attached hydrogens (tertiary/aromatic N) is 2. The summed E-state index contributed by atoms with van der Waals surface area (Å²) in [5, 5.41) is 1.01. The third-order valence-electron chi connectivity index (χ3n) is 4.22. The molecule has 0 radical (unpaired) electrons. The lowest BCUT2D eigenvalue weighted by atomic mass is 10.2. The van der Waals surface area contributed by atoms with Crippen LogP contribution < -0.4 is 0 Å². The highest BCUT2D eigenvalue weighted by Gasteiger charge is 2.25. The number of benzene rings is 1. The number of H-pyrrole nitrogens is 1. The Kier molecular flexibility index (Phi) is 4.16. The van der Waals surface area contributed by atoms with Gasteiger partial charge in [0.15, 0.2) is 0 Å². The summed E-state index contributed by atoms with van der Waals surface area (Å²) < 4.78 is 24.7. The summed E-state index contributed by atoms with van der Waals surface area (Å²) in [7, 11) is -3.20. The molecule has 0 bridgehead atoms. The number of carbonyl (C=O) groups excluding carboxylic acids is 1. The summed E-state index contributed by atoms with van der Waals surface area (Å²) in [5.41, 5.74) is 2.64. The third-order valence-corrected chi connectivity index (χ3v) is 5.52. The Balaban J connectivity index is 1.79. The minimum atomic E-state index is -3.20. The zero-order valence-corrected chi connectivity index (χ0v) is 14.2. The molecule has 0 unspecified atom stereocenters. The van der Waals surface area contributed by atoms with Crippen LogP contribution in [0.1, 0.15) is 22.5 Å². The quantitative estimate of drug-likeness (QED) is 0.905. The van der Waals surface area contributed by atoms with E-state index in [2.05, 4.69) is 4.98 Å². The fourth-order valence-corrected chi connectivity index (χ4v) is 3.83. The summed E-state index contributed by atoms with van der Waals surface area (Å²) in [5.74, 6) is -0.0748. The molecule has 1 aromatic heterocycles. The van der Waals surface area contributed by atoms with E-state index < -0.39 is 10.0 Å². The molecule has 1 amide bonds. The number of aryl methyl sites for hydroxylation is 1. The molecule has 1 aliphatic heterocycles.